The van der Waals surface area contributed by atoms with Crippen LogP contribution in [0.3, 0.4) is 0 Å². The molecule has 3 nitrogen and oxygen atoms in total. The number of ketones is 1. The minimum atomic E-state index is -0.0211. The monoisotopic (exact) mass is 348 g/mol. The van der Waals surface area contributed by atoms with E-state index in [2.05, 4.69) is 15.9 Å². The number of halogens is 1. The molecule has 0 fully saturated rings. The van der Waals surface area contributed by atoms with Crippen LogP contribution in [-0.4, -0.2) is 20.0 Å². The van der Waals surface area contributed by atoms with Gasteiger partial charge in [0.05, 0.1) is 14.2 Å². The Hall–Kier alpha value is -1.81. The Balaban J connectivity index is 2.56. The molecule has 2 aromatic carbocycles. The van der Waals surface area contributed by atoms with Gasteiger partial charge in [-0.3, -0.25) is 4.79 Å². The van der Waals surface area contributed by atoms with Gasteiger partial charge in [-0.1, -0.05) is 28.1 Å². The van der Waals surface area contributed by atoms with E-state index < -0.39 is 0 Å². The van der Waals surface area contributed by atoms with Crippen LogP contribution in [0.5, 0.6) is 11.5 Å². The van der Waals surface area contributed by atoms with Gasteiger partial charge >= 0.3 is 0 Å². The lowest BCUT2D eigenvalue weighted by molar-refractivity contribution is 0.103. The molecule has 0 unspecified atom stereocenters. The van der Waals surface area contributed by atoms with E-state index in [4.69, 9.17) is 9.47 Å². The van der Waals surface area contributed by atoms with Crippen LogP contribution in [0.25, 0.3) is 0 Å². The highest BCUT2D eigenvalue weighted by Crippen LogP contribution is 2.32. The summed E-state index contributed by atoms with van der Waals surface area (Å²) in [5.41, 5.74) is 3.09. The fourth-order valence-electron chi connectivity index (χ4n) is 2.22. The smallest absolute Gasteiger partial charge is 0.193 e. The molecule has 0 saturated carbocycles. The molecule has 0 amide bonds. The van der Waals surface area contributed by atoms with Gasteiger partial charge in [-0.2, -0.15) is 0 Å². The molecule has 0 heterocycles. The maximum Gasteiger partial charge on any atom is 0.193 e. The van der Waals surface area contributed by atoms with Crippen molar-refractivity contribution in [3.8, 4) is 11.5 Å². The zero-order chi connectivity index (χ0) is 15.6. The minimum Gasteiger partial charge on any atom is -0.493 e. The van der Waals surface area contributed by atoms with Gasteiger partial charge in [0.1, 0.15) is 0 Å². The maximum atomic E-state index is 12.8. The van der Waals surface area contributed by atoms with Gasteiger partial charge in [0.2, 0.25) is 0 Å². The number of benzene rings is 2. The van der Waals surface area contributed by atoms with Crippen molar-refractivity contribution in [2.75, 3.05) is 14.2 Å². The molecule has 0 aromatic heterocycles. The predicted octanol–water partition coefficient (Wildman–Crippen LogP) is 4.31. The highest BCUT2D eigenvalue weighted by Gasteiger charge is 2.18. The zero-order valence-corrected chi connectivity index (χ0v) is 14.1. The predicted molar refractivity (Wildman–Crippen MR) is 86.6 cm³/mol. The highest BCUT2D eigenvalue weighted by atomic mass is 79.9. The third kappa shape index (κ3) is 2.95. The summed E-state index contributed by atoms with van der Waals surface area (Å²) in [6.45, 7) is 3.82. The van der Waals surface area contributed by atoms with Crippen molar-refractivity contribution in [2.45, 2.75) is 13.8 Å². The lowest BCUT2D eigenvalue weighted by atomic mass is 9.95. The number of hydrogen-bond acceptors (Lipinski definition) is 3. The molecule has 2 rings (SSSR count). The second-order valence-electron chi connectivity index (χ2n) is 4.76. The first-order valence-corrected chi connectivity index (χ1v) is 7.31. The van der Waals surface area contributed by atoms with E-state index in [0.29, 0.717) is 22.6 Å². The van der Waals surface area contributed by atoms with Gasteiger partial charge in [-0.25, -0.2) is 0 Å². The van der Waals surface area contributed by atoms with Crippen LogP contribution in [0.15, 0.2) is 34.8 Å². The van der Waals surface area contributed by atoms with Gasteiger partial charge in [-0.05, 0) is 43.2 Å². The van der Waals surface area contributed by atoms with Crippen molar-refractivity contribution in [1.82, 2.24) is 0 Å². The molecule has 0 aliphatic heterocycles. The lowest BCUT2D eigenvalue weighted by Crippen LogP contribution is -2.07. The third-order valence-corrected chi connectivity index (χ3v) is 4.35. The lowest BCUT2D eigenvalue weighted by Gasteiger charge is -2.13. The van der Waals surface area contributed by atoms with Crippen molar-refractivity contribution >= 4 is 21.7 Å². The first kappa shape index (κ1) is 15.6. The molecular formula is C17H17BrO3. The molecule has 0 aliphatic rings. The standard InChI is InChI=1S/C17H17BrO3/c1-10-8-15(20-3)16(21-4)9-13(10)17(19)12-6-5-7-14(18)11(12)2/h5-9H,1-4H3. The molecule has 0 aliphatic carbocycles. The normalized spacial score (nSPS) is 10.3. The van der Waals surface area contributed by atoms with Crippen molar-refractivity contribution < 1.29 is 14.3 Å². The highest BCUT2D eigenvalue weighted by molar-refractivity contribution is 9.10. The first-order chi connectivity index (χ1) is 9.99. The summed E-state index contributed by atoms with van der Waals surface area (Å²) >= 11 is 3.46. The molecule has 2 aromatic rings. The van der Waals surface area contributed by atoms with Gasteiger partial charge in [0, 0.05) is 15.6 Å². The Morgan fingerprint density at radius 1 is 1.00 bits per heavy atom. The molecule has 110 valence electrons. The Bertz CT molecular complexity index is 693. The van der Waals surface area contributed by atoms with E-state index in [9.17, 15) is 4.79 Å². The molecule has 0 atom stereocenters. The zero-order valence-electron chi connectivity index (χ0n) is 12.5. The SMILES string of the molecule is COc1cc(C)c(C(=O)c2cccc(Br)c2C)cc1OC. The van der Waals surface area contributed by atoms with Crippen molar-refractivity contribution in [3.05, 3.63) is 57.1 Å². The summed E-state index contributed by atoms with van der Waals surface area (Å²) in [5, 5.41) is 0. The second-order valence-corrected chi connectivity index (χ2v) is 5.62. The summed E-state index contributed by atoms with van der Waals surface area (Å²) in [6, 6.07) is 9.17. The summed E-state index contributed by atoms with van der Waals surface area (Å²) in [7, 11) is 3.14. The van der Waals surface area contributed by atoms with E-state index in [0.717, 1.165) is 15.6 Å². The average Bonchev–Trinajstić information content (AvgIpc) is 2.49. The fourth-order valence-corrected chi connectivity index (χ4v) is 2.59. The molecule has 4 heteroatoms. The average molecular weight is 349 g/mol. The number of rotatable bonds is 4. The number of ether oxygens (including phenoxy) is 2. The first-order valence-electron chi connectivity index (χ1n) is 6.52. The van der Waals surface area contributed by atoms with Crippen LogP contribution in [0.2, 0.25) is 0 Å². The number of aryl methyl sites for hydroxylation is 1. The third-order valence-electron chi connectivity index (χ3n) is 3.49. The Morgan fingerprint density at radius 2 is 1.62 bits per heavy atom. The van der Waals surface area contributed by atoms with Crippen LogP contribution in [0.1, 0.15) is 27.0 Å². The number of carbonyl (C=O) groups is 1. The summed E-state index contributed by atoms with van der Waals surface area (Å²) in [4.78, 5) is 12.8. The molecule has 0 saturated heterocycles. The van der Waals surface area contributed by atoms with Crippen LogP contribution in [-0.2, 0) is 0 Å². The van der Waals surface area contributed by atoms with Crippen LogP contribution < -0.4 is 9.47 Å². The van der Waals surface area contributed by atoms with Crippen LogP contribution >= 0.6 is 15.9 Å². The van der Waals surface area contributed by atoms with Crippen molar-refractivity contribution in [1.29, 1.82) is 0 Å². The van der Waals surface area contributed by atoms with E-state index in [1.54, 1.807) is 20.3 Å². The van der Waals surface area contributed by atoms with Gasteiger partial charge < -0.3 is 9.47 Å². The Kier molecular flexibility index (Phi) is 4.68. The molecule has 21 heavy (non-hydrogen) atoms. The second kappa shape index (κ2) is 6.31. The van der Waals surface area contributed by atoms with Gasteiger partial charge in [0.25, 0.3) is 0 Å². The Morgan fingerprint density at radius 3 is 2.24 bits per heavy atom. The topological polar surface area (TPSA) is 35.5 Å². The van der Waals surface area contributed by atoms with E-state index in [1.807, 2.05) is 38.1 Å². The molecule has 0 N–H and O–H groups in total. The summed E-state index contributed by atoms with van der Waals surface area (Å²) < 4.78 is 11.5. The van der Waals surface area contributed by atoms with E-state index in [1.165, 1.54) is 0 Å². The van der Waals surface area contributed by atoms with Crippen LogP contribution in [0, 0.1) is 13.8 Å². The molecule has 0 spiro atoms. The number of carbonyl (C=O) groups excluding carboxylic acids is 1. The quantitative estimate of drug-likeness (QED) is 0.772. The van der Waals surface area contributed by atoms with Crippen molar-refractivity contribution in [3.63, 3.8) is 0 Å². The summed E-state index contributed by atoms with van der Waals surface area (Å²) in [6.07, 6.45) is 0. The van der Waals surface area contributed by atoms with E-state index >= 15 is 0 Å². The van der Waals surface area contributed by atoms with Crippen molar-refractivity contribution in [2.24, 2.45) is 0 Å². The molecule has 0 radical (unpaired) electrons. The van der Waals surface area contributed by atoms with Gasteiger partial charge in [-0.15, -0.1) is 0 Å². The fraction of sp³-hybridized carbons (Fsp3) is 0.235. The Labute approximate surface area is 133 Å². The molecular weight excluding hydrogens is 332 g/mol. The van der Waals surface area contributed by atoms with Gasteiger partial charge in [0.15, 0.2) is 17.3 Å². The maximum absolute atomic E-state index is 12.8. The van der Waals surface area contributed by atoms with Crippen LogP contribution in [0.4, 0.5) is 0 Å². The summed E-state index contributed by atoms with van der Waals surface area (Å²) in [5.74, 6) is 1.16. The minimum absolute atomic E-state index is 0.0211. The molecule has 0 bridgehead atoms. The van der Waals surface area contributed by atoms with E-state index in [-0.39, 0.29) is 5.78 Å². The number of methoxy groups -OCH3 is 2. The largest absolute Gasteiger partial charge is 0.493 e. The number of hydrogen-bond donors (Lipinski definition) is 0.